The maximum Gasteiger partial charge on any atom is 0.226 e. The summed E-state index contributed by atoms with van der Waals surface area (Å²) >= 11 is 0. The first-order valence-electron chi connectivity index (χ1n) is 8.38. The lowest BCUT2D eigenvalue weighted by Gasteiger charge is -2.33. The summed E-state index contributed by atoms with van der Waals surface area (Å²) in [6.07, 6.45) is 5.68. The van der Waals surface area contributed by atoms with Crippen LogP contribution in [0.4, 0.5) is 0 Å². The second-order valence-corrected chi connectivity index (χ2v) is 6.94. The molecule has 0 spiro atoms. The Hall–Kier alpha value is -1.36. The van der Waals surface area contributed by atoms with Crippen LogP contribution in [0.2, 0.25) is 0 Å². The highest BCUT2D eigenvalue weighted by Gasteiger charge is 2.33. The van der Waals surface area contributed by atoms with Crippen molar-refractivity contribution < 1.29 is 9.53 Å². The van der Waals surface area contributed by atoms with Crippen molar-refractivity contribution >= 4 is 5.91 Å². The molecule has 0 saturated carbocycles. The van der Waals surface area contributed by atoms with Gasteiger partial charge in [0.05, 0.1) is 18.6 Å². The summed E-state index contributed by atoms with van der Waals surface area (Å²) < 4.78 is 7.92. The van der Waals surface area contributed by atoms with Crippen LogP contribution in [0.5, 0.6) is 0 Å². The van der Waals surface area contributed by atoms with E-state index in [0.717, 1.165) is 31.8 Å². The number of nitrogens with zero attached hydrogens (tertiary/aromatic N) is 2. The fourth-order valence-electron chi connectivity index (χ4n) is 3.10. The molecule has 2 rings (SSSR count). The molecule has 1 fully saturated rings. The summed E-state index contributed by atoms with van der Waals surface area (Å²) in [4.78, 5) is 16.9. The Morgan fingerprint density at radius 1 is 1.45 bits per heavy atom. The minimum Gasteiger partial charge on any atom is -0.377 e. The number of amides is 1. The molecule has 2 heterocycles. The lowest BCUT2D eigenvalue weighted by molar-refractivity contribution is -0.137. The van der Waals surface area contributed by atoms with Crippen LogP contribution < -0.4 is 5.32 Å². The topological polar surface area (TPSA) is 56.2 Å². The summed E-state index contributed by atoms with van der Waals surface area (Å²) in [7, 11) is 0. The normalized spacial score (nSPS) is 22.3. The molecule has 5 nitrogen and oxygen atoms in total. The van der Waals surface area contributed by atoms with Gasteiger partial charge in [-0.2, -0.15) is 0 Å². The summed E-state index contributed by atoms with van der Waals surface area (Å²) in [5, 5.41) is 3.05. The van der Waals surface area contributed by atoms with E-state index in [1.165, 1.54) is 0 Å². The fraction of sp³-hybridized carbons (Fsp3) is 0.765. The van der Waals surface area contributed by atoms with E-state index in [2.05, 4.69) is 42.6 Å². The van der Waals surface area contributed by atoms with Gasteiger partial charge in [0.15, 0.2) is 0 Å². The number of carbonyl (C=O) groups excluding carboxylic acids is 1. The molecule has 1 amide bonds. The smallest absolute Gasteiger partial charge is 0.226 e. The first-order valence-corrected chi connectivity index (χ1v) is 8.38. The molecule has 22 heavy (non-hydrogen) atoms. The van der Waals surface area contributed by atoms with Crippen molar-refractivity contribution in [2.75, 3.05) is 6.61 Å². The maximum atomic E-state index is 12.5. The quantitative estimate of drug-likeness (QED) is 0.879. The molecule has 2 atom stereocenters. The van der Waals surface area contributed by atoms with Crippen LogP contribution in [-0.2, 0) is 22.6 Å². The maximum absolute atomic E-state index is 12.5. The van der Waals surface area contributed by atoms with E-state index >= 15 is 0 Å². The zero-order chi connectivity index (χ0) is 16.1. The molecule has 0 aromatic carbocycles. The van der Waals surface area contributed by atoms with E-state index in [1.807, 2.05) is 6.20 Å². The van der Waals surface area contributed by atoms with Crippen molar-refractivity contribution in [1.29, 1.82) is 0 Å². The van der Waals surface area contributed by atoms with Crippen LogP contribution in [0.15, 0.2) is 12.4 Å². The van der Waals surface area contributed by atoms with Crippen LogP contribution >= 0.6 is 0 Å². The standard InChI is InChI=1S/C17H29N3O2/c1-12(2)11-20-8-7-18-15(20)10-19-17(21)14-6-5-9-22-16(14)13(3)4/h7-8,12-14,16H,5-6,9-11H2,1-4H3,(H,19,21). The van der Waals surface area contributed by atoms with Gasteiger partial charge in [-0.1, -0.05) is 27.7 Å². The first-order chi connectivity index (χ1) is 10.5. The van der Waals surface area contributed by atoms with Crippen molar-refractivity contribution in [2.45, 2.75) is 59.7 Å². The van der Waals surface area contributed by atoms with Crippen molar-refractivity contribution in [2.24, 2.45) is 17.8 Å². The van der Waals surface area contributed by atoms with Crippen molar-refractivity contribution in [1.82, 2.24) is 14.9 Å². The van der Waals surface area contributed by atoms with Gasteiger partial charge in [-0.15, -0.1) is 0 Å². The van der Waals surface area contributed by atoms with Crippen LogP contribution in [-0.4, -0.2) is 28.2 Å². The van der Waals surface area contributed by atoms with E-state index in [9.17, 15) is 4.79 Å². The van der Waals surface area contributed by atoms with Crippen molar-refractivity contribution in [3.05, 3.63) is 18.2 Å². The van der Waals surface area contributed by atoms with Gasteiger partial charge in [-0.25, -0.2) is 4.98 Å². The number of hydrogen-bond donors (Lipinski definition) is 1. The van der Waals surface area contributed by atoms with Gasteiger partial charge in [0.25, 0.3) is 0 Å². The highest BCUT2D eigenvalue weighted by atomic mass is 16.5. The molecule has 1 N–H and O–H groups in total. The SMILES string of the molecule is CC(C)Cn1ccnc1CNC(=O)C1CCCOC1C(C)C. The highest BCUT2D eigenvalue weighted by Crippen LogP contribution is 2.26. The molecule has 1 aromatic heterocycles. The molecular formula is C17H29N3O2. The summed E-state index contributed by atoms with van der Waals surface area (Å²) in [6.45, 7) is 10.8. The van der Waals surface area contributed by atoms with E-state index in [1.54, 1.807) is 6.20 Å². The Balaban J connectivity index is 1.93. The Morgan fingerprint density at radius 2 is 2.23 bits per heavy atom. The van der Waals surface area contributed by atoms with Gasteiger partial charge in [-0.3, -0.25) is 4.79 Å². The van der Waals surface area contributed by atoms with Gasteiger partial charge in [0.1, 0.15) is 5.82 Å². The number of aromatic nitrogens is 2. The molecule has 5 heteroatoms. The molecule has 2 unspecified atom stereocenters. The number of ether oxygens (including phenoxy) is 1. The van der Waals surface area contributed by atoms with E-state index in [4.69, 9.17) is 4.74 Å². The molecule has 0 bridgehead atoms. The third kappa shape index (κ3) is 4.32. The third-order valence-corrected chi connectivity index (χ3v) is 4.14. The average molecular weight is 307 g/mol. The number of carbonyl (C=O) groups is 1. The van der Waals surface area contributed by atoms with Gasteiger partial charge in [0.2, 0.25) is 5.91 Å². The van der Waals surface area contributed by atoms with Crippen molar-refractivity contribution in [3.63, 3.8) is 0 Å². The Morgan fingerprint density at radius 3 is 2.91 bits per heavy atom. The minimum atomic E-state index is -0.0396. The second kappa shape index (κ2) is 7.77. The molecule has 1 aromatic rings. The monoisotopic (exact) mass is 307 g/mol. The van der Waals surface area contributed by atoms with Crippen LogP contribution in [0.3, 0.4) is 0 Å². The van der Waals surface area contributed by atoms with Gasteiger partial charge >= 0.3 is 0 Å². The summed E-state index contributed by atoms with van der Waals surface area (Å²) in [5.41, 5.74) is 0. The number of nitrogens with one attached hydrogen (secondary N) is 1. The Labute approximate surface area is 133 Å². The first kappa shape index (κ1) is 17.0. The number of rotatable bonds is 6. The minimum absolute atomic E-state index is 0.0316. The molecule has 1 aliphatic heterocycles. The van der Waals surface area contributed by atoms with E-state index in [-0.39, 0.29) is 17.9 Å². The lowest BCUT2D eigenvalue weighted by Crippen LogP contribution is -2.43. The zero-order valence-electron chi connectivity index (χ0n) is 14.2. The summed E-state index contributed by atoms with van der Waals surface area (Å²) in [6, 6.07) is 0. The predicted molar refractivity (Wildman–Crippen MR) is 86.2 cm³/mol. The molecule has 1 aliphatic rings. The number of hydrogen-bond acceptors (Lipinski definition) is 3. The average Bonchev–Trinajstić information content (AvgIpc) is 2.91. The molecule has 1 saturated heterocycles. The predicted octanol–water partition coefficient (Wildman–Crippen LogP) is 2.61. The largest absolute Gasteiger partial charge is 0.377 e. The van der Waals surface area contributed by atoms with Gasteiger partial charge in [-0.05, 0) is 24.7 Å². The Kier molecular flexibility index (Phi) is 6.00. The number of imidazole rings is 1. The zero-order valence-corrected chi connectivity index (χ0v) is 14.2. The van der Waals surface area contributed by atoms with Gasteiger partial charge in [0, 0.05) is 25.5 Å². The summed E-state index contributed by atoms with van der Waals surface area (Å²) in [5.74, 6) is 1.89. The fourth-order valence-corrected chi connectivity index (χ4v) is 3.10. The van der Waals surface area contributed by atoms with Crippen LogP contribution in [0.25, 0.3) is 0 Å². The van der Waals surface area contributed by atoms with E-state index < -0.39 is 0 Å². The molecule has 124 valence electrons. The van der Waals surface area contributed by atoms with Crippen LogP contribution in [0.1, 0.15) is 46.4 Å². The molecular weight excluding hydrogens is 278 g/mol. The molecule has 0 aliphatic carbocycles. The van der Waals surface area contributed by atoms with Crippen molar-refractivity contribution in [3.8, 4) is 0 Å². The second-order valence-electron chi connectivity index (χ2n) is 6.94. The Bertz CT molecular complexity index is 482. The third-order valence-electron chi connectivity index (χ3n) is 4.14. The van der Waals surface area contributed by atoms with Crippen LogP contribution in [0, 0.1) is 17.8 Å². The highest BCUT2D eigenvalue weighted by molar-refractivity contribution is 5.79. The van der Waals surface area contributed by atoms with Gasteiger partial charge < -0.3 is 14.6 Å². The lowest BCUT2D eigenvalue weighted by atomic mass is 9.87. The molecule has 0 radical (unpaired) electrons. The van der Waals surface area contributed by atoms with E-state index in [0.29, 0.717) is 18.4 Å².